The summed E-state index contributed by atoms with van der Waals surface area (Å²) in [5.74, 6) is 0.659. The van der Waals surface area contributed by atoms with E-state index in [0.29, 0.717) is 24.5 Å². The number of aromatic nitrogens is 2. The zero-order chi connectivity index (χ0) is 13.9. The molecular formula is C14H23ClN4O2. The number of nitrogens with zero attached hydrogens (tertiary/aromatic N) is 3. The Balaban J connectivity index is 0.00000161. The van der Waals surface area contributed by atoms with E-state index in [2.05, 4.69) is 27.2 Å². The summed E-state index contributed by atoms with van der Waals surface area (Å²) in [7, 11) is 3.79. The maximum Gasteiger partial charge on any atom is 0.320 e. The van der Waals surface area contributed by atoms with Gasteiger partial charge in [-0.15, -0.1) is 12.4 Å². The van der Waals surface area contributed by atoms with Gasteiger partial charge in [0.15, 0.2) is 0 Å². The second-order valence-corrected chi connectivity index (χ2v) is 5.46. The molecule has 2 aliphatic rings. The van der Waals surface area contributed by atoms with E-state index in [4.69, 9.17) is 9.47 Å². The van der Waals surface area contributed by atoms with E-state index in [1.807, 2.05) is 0 Å². The van der Waals surface area contributed by atoms with Crippen molar-refractivity contribution in [3.8, 4) is 11.9 Å². The van der Waals surface area contributed by atoms with E-state index in [-0.39, 0.29) is 12.4 Å². The number of rotatable bonds is 4. The van der Waals surface area contributed by atoms with Gasteiger partial charge in [0.2, 0.25) is 5.88 Å². The number of fused-ring (bicyclic) bond motifs is 1. The van der Waals surface area contributed by atoms with E-state index >= 15 is 0 Å². The molecule has 0 aliphatic carbocycles. The van der Waals surface area contributed by atoms with E-state index < -0.39 is 0 Å². The Bertz CT molecular complexity index is 469. The molecule has 0 unspecified atom stereocenters. The normalized spacial score (nSPS) is 21.5. The molecule has 0 radical (unpaired) electrons. The minimum atomic E-state index is 0. The van der Waals surface area contributed by atoms with Crippen LogP contribution in [0.4, 0.5) is 0 Å². The summed E-state index contributed by atoms with van der Waals surface area (Å²) in [6.45, 7) is 3.49. The highest BCUT2D eigenvalue weighted by Gasteiger charge is 2.23. The van der Waals surface area contributed by atoms with Crippen LogP contribution in [0.2, 0.25) is 0 Å². The molecule has 1 aromatic heterocycles. The Morgan fingerprint density at radius 1 is 1.38 bits per heavy atom. The Morgan fingerprint density at radius 3 is 2.95 bits per heavy atom. The van der Waals surface area contributed by atoms with E-state index in [9.17, 15) is 0 Å². The van der Waals surface area contributed by atoms with Gasteiger partial charge in [0, 0.05) is 18.2 Å². The van der Waals surface area contributed by atoms with E-state index in [1.165, 1.54) is 12.8 Å². The minimum Gasteiger partial charge on any atom is -0.481 e. The van der Waals surface area contributed by atoms with Gasteiger partial charge in [0.1, 0.15) is 6.61 Å². The first kappa shape index (κ1) is 16.3. The summed E-state index contributed by atoms with van der Waals surface area (Å²) in [5, 5.41) is 3.31. The highest BCUT2D eigenvalue weighted by Crippen LogP contribution is 2.25. The molecule has 0 saturated carbocycles. The van der Waals surface area contributed by atoms with Gasteiger partial charge in [0.05, 0.1) is 12.8 Å². The number of hydrogen-bond acceptors (Lipinski definition) is 6. The second-order valence-electron chi connectivity index (χ2n) is 5.46. The van der Waals surface area contributed by atoms with Gasteiger partial charge in [-0.3, -0.25) is 0 Å². The Hall–Kier alpha value is -1.11. The molecular weight excluding hydrogens is 292 g/mol. The van der Waals surface area contributed by atoms with Crippen LogP contribution in [0.15, 0.2) is 0 Å². The van der Waals surface area contributed by atoms with Crippen LogP contribution in [-0.2, 0) is 13.0 Å². The maximum atomic E-state index is 5.80. The lowest BCUT2D eigenvalue weighted by molar-refractivity contribution is 0.185. The van der Waals surface area contributed by atoms with Crippen molar-refractivity contribution < 1.29 is 9.47 Å². The van der Waals surface area contributed by atoms with Crippen molar-refractivity contribution in [2.45, 2.75) is 31.8 Å². The highest BCUT2D eigenvalue weighted by atomic mass is 35.5. The SMILES string of the molecule is COc1nc(OC[C@@H]2CCCN2C)nc2c1CCNC2.Cl. The van der Waals surface area contributed by atoms with E-state index in [0.717, 1.165) is 37.3 Å². The number of likely N-dealkylation sites (tertiary alicyclic amines) is 1. The van der Waals surface area contributed by atoms with Gasteiger partial charge in [0.25, 0.3) is 0 Å². The number of nitrogens with one attached hydrogen (secondary N) is 1. The molecule has 1 fully saturated rings. The molecule has 3 heterocycles. The number of ether oxygens (including phenoxy) is 2. The van der Waals surface area contributed by atoms with Crippen molar-refractivity contribution in [1.82, 2.24) is 20.2 Å². The largest absolute Gasteiger partial charge is 0.481 e. The summed E-state index contributed by atoms with van der Waals surface area (Å²) in [4.78, 5) is 11.2. The lowest BCUT2D eigenvalue weighted by Gasteiger charge is -2.21. The molecule has 1 aromatic rings. The van der Waals surface area contributed by atoms with Crippen LogP contribution >= 0.6 is 12.4 Å². The molecule has 6 nitrogen and oxygen atoms in total. The quantitative estimate of drug-likeness (QED) is 0.895. The van der Waals surface area contributed by atoms with E-state index in [1.54, 1.807) is 7.11 Å². The molecule has 0 bridgehead atoms. The molecule has 0 amide bonds. The molecule has 0 aromatic carbocycles. The minimum absolute atomic E-state index is 0. The van der Waals surface area contributed by atoms with Crippen molar-refractivity contribution in [3.63, 3.8) is 0 Å². The Kier molecular flexibility index (Phi) is 5.61. The van der Waals surface area contributed by atoms with Crippen LogP contribution in [-0.4, -0.2) is 54.8 Å². The average molecular weight is 315 g/mol. The number of methoxy groups -OCH3 is 1. The zero-order valence-electron chi connectivity index (χ0n) is 12.6. The fourth-order valence-electron chi connectivity index (χ4n) is 2.90. The molecule has 1 saturated heterocycles. The second kappa shape index (κ2) is 7.24. The summed E-state index contributed by atoms with van der Waals surface area (Å²) in [6.07, 6.45) is 3.33. The summed E-state index contributed by atoms with van der Waals surface area (Å²) < 4.78 is 11.2. The van der Waals surface area contributed by atoms with Crippen molar-refractivity contribution in [2.24, 2.45) is 0 Å². The van der Waals surface area contributed by atoms with Crippen LogP contribution in [0, 0.1) is 0 Å². The van der Waals surface area contributed by atoms with Gasteiger partial charge in [-0.1, -0.05) is 0 Å². The molecule has 1 atom stereocenters. The van der Waals surface area contributed by atoms with Gasteiger partial charge in [-0.2, -0.15) is 9.97 Å². The van der Waals surface area contributed by atoms with Crippen molar-refractivity contribution in [2.75, 3.05) is 33.9 Å². The third kappa shape index (κ3) is 3.56. The number of likely N-dealkylation sites (N-methyl/N-ethyl adjacent to an activating group) is 1. The monoisotopic (exact) mass is 314 g/mol. The topological polar surface area (TPSA) is 59.5 Å². The maximum absolute atomic E-state index is 5.80. The highest BCUT2D eigenvalue weighted by molar-refractivity contribution is 5.85. The van der Waals surface area contributed by atoms with Crippen LogP contribution in [0.5, 0.6) is 11.9 Å². The third-order valence-corrected chi connectivity index (χ3v) is 4.15. The van der Waals surface area contributed by atoms with Crippen LogP contribution in [0.3, 0.4) is 0 Å². The predicted octanol–water partition coefficient (Wildman–Crippen LogP) is 1.03. The predicted molar refractivity (Wildman–Crippen MR) is 82.4 cm³/mol. The molecule has 7 heteroatoms. The molecule has 2 aliphatic heterocycles. The number of halogens is 1. The molecule has 118 valence electrons. The van der Waals surface area contributed by atoms with Gasteiger partial charge >= 0.3 is 6.01 Å². The first-order valence-corrected chi connectivity index (χ1v) is 7.25. The fraction of sp³-hybridized carbons (Fsp3) is 0.714. The van der Waals surface area contributed by atoms with Gasteiger partial charge < -0.3 is 19.7 Å². The van der Waals surface area contributed by atoms with Crippen molar-refractivity contribution in [1.29, 1.82) is 0 Å². The fourth-order valence-corrected chi connectivity index (χ4v) is 2.90. The standard InChI is InChI=1S/C14H22N4O2.ClH/c1-18-7-3-4-10(18)9-20-14-16-12-8-15-6-5-11(12)13(17-14)19-2;/h10,15H,3-9H2,1-2H3;1H/t10-;/m0./s1. The average Bonchev–Trinajstić information content (AvgIpc) is 2.89. The van der Waals surface area contributed by atoms with Crippen LogP contribution in [0.25, 0.3) is 0 Å². The number of hydrogen-bond donors (Lipinski definition) is 1. The summed E-state index contributed by atoms with van der Waals surface area (Å²) in [6, 6.07) is 0.906. The smallest absolute Gasteiger partial charge is 0.320 e. The molecule has 21 heavy (non-hydrogen) atoms. The van der Waals surface area contributed by atoms with Crippen LogP contribution in [0.1, 0.15) is 24.1 Å². The summed E-state index contributed by atoms with van der Waals surface area (Å²) in [5.41, 5.74) is 2.11. The zero-order valence-corrected chi connectivity index (χ0v) is 13.4. The van der Waals surface area contributed by atoms with Gasteiger partial charge in [-0.25, -0.2) is 0 Å². The summed E-state index contributed by atoms with van der Waals surface area (Å²) >= 11 is 0. The first-order valence-electron chi connectivity index (χ1n) is 7.25. The van der Waals surface area contributed by atoms with Crippen molar-refractivity contribution >= 4 is 12.4 Å². The molecule has 3 rings (SSSR count). The Morgan fingerprint density at radius 2 is 2.24 bits per heavy atom. The third-order valence-electron chi connectivity index (χ3n) is 4.15. The molecule has 1 N–H and O–H groups in total. The lowest BCUT2D eigenvalue weighted by Crippen LogP contribution is -2.31. The Labute approximate surface area is 131 Å². The molecule has 0 spiro atoms. The first-order chi connectivity index (χ1) is 9.78. The van der Waals surface area contributed by atoms with Crippen LogP contribution < -0.4 is 14.8 Å². The van der Waals surface area contributed by atoms with Crippen molar-refractivity contribution in [3.05, 3.63) is 11.3 Å². The van der Waals surface area contributed by atoms with Gasteiger partial charge in [-0.05, 0) is 39.4 Å². The lowest BCUT2D eigenvalue weighted by atomic mass is 10.1.